The lowest BCUT2D eigenvalue weighted by molar-refractivity contribution is 0.00325. The Labute approximate surface area is 139 Å². The van der Waals surface area contributed by atoms with Crippen LogP contribution in [0.3, 0.4) is 0 Å². The summed E-state index contributed by atoms with van der Waals surface area (Å²) in [6, 6.07) is 10.3. The summed E-state index contributed by atoms with van der Waals surface area (Å²) >= 11 is 0. The third-order valence-electron chi connectivity index (χ3n) is 4.40. The number of aliphatic hydroxyl groups is 2. The summed E-state index contributed by atoms with van der Waals surface area (Å²) in [5, 5.41) is 19.1. The number of aliphatic hydroxyl groups excluding tert-OH is 2. The second-order valence-electron chi connectivity index (χ2n) is 6.37. The van der Waals surface area contributed by atoms with E-state index in [-0.39, 0.29) is 6.61 Å². The maximum absolute atomic E-state index is 10.1. The van der Waals surface area contributed by atoms with Crippen LogP contribution in [0.15, 0.2) is 30.3 Å². The van der Waals surface area contributed by atoms with E-state index in [4.69, 9.17) is 9.84 Å². The molecule has 2 unspecified atom stereocenters. The van der Waals surface area contributed by atoms with Crippen molar-refractivity contribution in [3.8, 4) is 0 Å². The zero-order valence-electron chi connectivity index (χ0n) is 14.1. The van der Waals surface area contributed by atoms with Gasteiger partial charge in [-0.2, -0.15) is 0 Å². The minimum Gasteiger partial charge on any atom is -0.395 e. The van der Waals surface area contributed by atoms with E-state index in [9.17, 15) is 5.11 Å². The molecule has 0 aromatic heterocycles. The van der Waals surface area contributed by atoms with Crippen molar-refractivity contribution in [2.45, 2.75) is 18.9 Å². The van der Waals surface area contributed by atoms with Crippen LogP contribution in [0.4, 0.5) is 0 Å². The van der Waals surface area contributed by atoms with Crippen LogP contribution >= 0.6 is 0 Å². The van der Waals surface area contributed by atoms with Gasteiger partial charge in [-0.15, -0.1) is 0 Å². The standard InChI is InChI=1S/C18H30N2O3/c1-16(17-5-3-2-4-6-17)14-23-15-18(22)13-20-9-7-19(8-10-20)11-12-21/h2-6,16,18,21-22H,7-15H2,1H3. The summed E-state index contributed by atoms with van der Waals surface area (Å²) in [6.07, 6.45) is -0.442. The lowest BCUT2D eigenvalue weighted by Crippen LogP contribution is -2.49. The van der Waals surface area contributed by atoms with Gasteiger partial charge in [0.25, 0.3) is 0 Å². The van der Waals surface area contributed by atoms with Gasteiger partial charge in [0.1, 0.15) is 0 Å². The molecule has 1 aliphatic heterocycles. The first-order valence-electron chi connectivity index (χ1n) is 8.55. The van der Waals surface area contributed by atoms with Crippen molar-refractivity contribution in [1.29, 1.82) is 0 Å². The van der Waals surface area contributed by atoms with Crippen molar-refractivity contribution in [1.82, 2.24) is 9.80 Å². The molecule has 1 aromatic carbocycles. The van der Waals surface area contributed by atoms with Crippen molar-refractivity contribution >= 4 is 0 Å². The minimum atomic E-state index is -0.442. The first-order valence-corrected chi connectivity index (χ1v) is 8.55. The highest BCUT2D eigenvalue weighted by molar-refractivity contribution is 5.18. The van der Waals surface area contributed by atoms with E-state index in [2.05, 4.69) is 28.9 Å². The molecule has 0 amide bonds. The average Bonchev–Trinajstić information content (AvgIpc) is 2.57. The monoisotopic (exact) mass is 322 g/mol. The minimum absolute atomic E-state index is 0.218. The van der Waals surface area contributed by atoms with Gasteiger partial charge >= 0.3 is 0 Å². The second kappa shape index (κ2) is 10.0. The van der Waals surface area contributed by atoms with Crippen molar-refractivity contribution in [2.24, 2.45) is 0 Å². The van der Waals surface area contributed by atoms with Crippen LogP contribution in [0, 0.1) is 0 Å². The molecule has 1 saturated heterocycles. The molecule has 1 fully saturated rings. The zero-order chi connectivity index (χ0) is 16.5. The quantitative estimate of drug-likeness (QED) is 0.704. The molecule has 0 radical (unpaired) electrons. The largest absolute Gasteiger partial charge is 0.395 e. The van der Waals surface area contributed by atoms with Crippen LogP contribution in [0.2, 0.25) is 0 Å². The lowest BCUT2D eigenvalue weighted by Gasteiger charge is -2.35. The smallest absolute Gasteiger partial charge is 0.0900 e. The molecular formula is C18H30N2O3. The van der Waals surface area contributed by atoms with Crippen molar-refractivity contribution in [3.63, 3.8) is 0 Å². The maximum atomic E-state index is 10.1. The zero-order valence-corrected chi connectivity index (χ0v) is 14.1. The van der Waals surface area contributed by atoms with Gasteiger partial charge in [0, 0.05) is 45.2 Å². The van der Waals surface area contributed by atoms with E-state index in [0.29, 0.717) is 25.7 Å². The number of hydrogen-bond acceptors (Lipinski definition) is 5. The predicted octanol–water partition coefficient (Wildman–Crippen LogP) is 0.778. The second-order valence-corrected chi connectivity index (χ2v) is 6.37. The molecule has 5 nitrogen and oxygen atoms in total. The average molecular weight is 322 g/mol. The Morgan fingerprint density at radius 1 is 1.04 bits per heavy atom. The highest BCUT2D eigenvalue weighted by Gasteiger charge is 2.19. The molecule has 2 rings (SSSR count). The van der Waals surface area contributed by atoms with E-state index in [1.54, 1.807) is 0 Å². The Morgan fingerprint density at radius 3 is 2.35 bits per heavy atom. The van der Waals surface area contributed by atoms with Gasteiger partial charge in [-0.1, -0.05) is 37.3 Å². The molecule has 5 heteroatoms. The van der Waals surface area contributed by atoms with Gasteiger partial charge in [0.05, 0.1) is 25.9 Å². The molecule has 1 heterocycles. The van der Waals surface area contributed by atoms with Gasteiger partial charge < -0.3 is 14.9 Å². The number of β-amino-alcohol motifs (C(OH)–C–C–N with tert-alkyl or cyclic N) is 2. The fraction of sp³-hybridized carbons (Fsp3) is 0.667. The van der Waals surface area contributed by atoms with Crippen LogP contribution < -0.4 is 0 Å². The first kappa shape index (κ1) is 18.4. The van der Waals surface area contributed by atoms with Crippen LogP contribution in [0.5, 0.6) is 0 Å². The van der Waals surface area contributed by atoms with Gasteiger partial charge in [0.15, 0.2) is 0 Å². The summed E-state index contributed by atoms with van der Waals surface area (Å²) in [5.41, 5.74) is 1.27. The van der Waals surface area contributed by atoms with Gasteiger partial charge in [-0.25, -0.2) is 0 Å². The number of ether oxygens (including phenoxy) is 1. The number of rotatable bonds is 9. The van der Waals surface area contributed by atoms with Crippen molar-refractivity contribution in [3.05, 3.63) is 35.9 Å². The normalized spacial score (nSPS) is 19.6. The summed E-state index contributed by atoms with van der Waals surface area (Å²) < 4.78 is 5.69. The number of nitrogens with zero attached hydrogens (tertiary/aromatic N) is 2. The Morgan fingerprint density at radius 2 is 1.70 bits per heavy atom. The molecule has 0 bridgehead atoms. The third-order valence-corrected chi connectivity index (χ3v) is 4.40. The molecule has 0 aliphatic carbocycles. The van der Waals surface area contributed by atoms with E-state index in [0.717, 1.165) is 32.7 Å². The summed E-state index contributed by atoms with van der Waals surface area (Å²) in [4.78, 5) is 4.52. The number of benzene rings is 1. The van der Waals surface area contributed by atoms with Gasteiger partial charge in [0.2, 0.25) is 0 Å². The fourth-order valence-electron chi connectivity index (χ4n) is 2.95. The Hall–Kier alpha value is -0.980. The highest BCUT2D eigenvalue weighted by atomic mass is 16.5. The van der Waals surface area contributed by atoms with Gasteiger partial charge in [-0.05, 0) is 5.56 Å². The van der Waals surface area contributed by atoms with Gasteiger partial charge in [-0.3, -0.25) is 9.80 Å². The molecule has 0 spiro atoms. The fourth-order valence-corrected chi connectivity index (χ4v) is 2.95. The Kier molecular flexibility index (Phi) is 7.99. The van der Waals surface area contributed by atoms with Crippen molar-refractivity contribution in [2.75, 3.05) is 59.1 Å². The van der Waals surface area contributed by atoms with E-state index in [1.165, 1.54) is 5.56 Å². The van der Waals surface area contributed by atoms with E-state index >= 15 is 0 Å². The van der Waals surface area contributed by atoms with Crippen molar-refractivity contribution < 1.29 is 14.9 Å². The molecule has 0 saturated carbocycles. The highest BCUT2D eigenvalue weighted by Crippen LogP contribution is 2.14. The molecule has 130 valence electrons. The topological polar surface area (TPSA) is 56.2 Å². The predicted molar refractivity (Wildman–Crippen MR) is 91.6 cm³/mol. The Bertz CT molecular complexity index is 422. The number of piperazine rings is 1. The van der Waals surface area contributed by atoms with Crippen LogP contribution in [-0.4, -0.2) is 85.2 Å². The molecule has 23 heavy (non-hydrogen) atoms. The van der Waals surface area contributed by atoms with Crippen LogP contribution in [-0.2, 0) is 4.74 Å². The SMILES string of the molecule is CC(COCC(O)CN1CCN(CCO)CC1)c1ccccc1. The maximum Gasteiger partial charge on any atom is 0.0900 e. The molecule has 1 aliphatic rings. The van der Waals surface area contributed by atoms with E-state index in [1.807, 2.05) is 18.2 Å². The lowest BCUT2D eigenvalue weighted by atomic mass is 10.0. The summed E-state index contributed by atoms with van der Waals surface area (Å²) in [5.74, 6) is 0.338. The summed E-state index contributed by atoms with van der Waals surface area (Å²) in [6.45, 7) is 8.58. The molecular weight excluding hydrogens is 292 g/mol. The van der Waals surface area contributed by atoms with Crippen LogP contribution in [0.25, 0.3) is 0 Å². The van der Waals surface area contributed by atoms with Crippen LogP contribution in [0.1, 0.15) is 18.4 Å². The summed E-state index contributed by atoms with van der Waals surface area (Å²) in [7, 11) is 0. The third kappa shape index (κ3) is 6.57. The first-order chi connectivity index (χ1) is 11.2. The molecule has 1 aromatic rings. The molecule has 2 N–H and O–H groups in total. The number of hydrogen-bond donors (Lipinski definition) is 2. The van der Waals surface area contributed by atoms with E-state index < -0.39 is 6.10 Å². The molecule has 2 atom stereocenters. The Balaban J connectivity index is 1.59.